The van der Waals surface area contributed by atoms with Gasteiger partial charge in [-0.3, -0.25) is 4.98 Å². The highest BCUT2D eigenvalue weighted by Crippen LogP contribution is 2.12. The standard InChI is InChI=1S/C17H28BrN.H3N/c18-15-11-8-6-4-2-1-3-5-7-9-13-17-14-10-12-16-19-17;/h10,12,14,16H,1-9,11,13,15H2;1H3. The Labute approximate surface area is 133 Å². The molecule has 0 bridgehead atoms. The summed E-state index contributed by atoms with van der Waals surface area (Å²) in [6.45, 7) is 0. The minimum absolute atomic E-state index is 0. The lowest BCUT2D eigenvalue weighted by Crippen LogP contribution is -1.89. The fourth-order valence-electron chi connectivity index (χ4n) is 2.36. The van der Waals surface area contributed by atoms with Crippen LogP contribution in [0, 0.1) is 0 Å². The highest BCUT2D eigenvalue weighted by atomic mass is 79.9. The first-order valence-electron chi connectivity index (χ1n) is 7.89. The van der Waals surface area contributed by atoms with Crippen LogP contribution in [0.4, 0.5) is 0 Å². The molecule has 116 valence electrons. The number of hydrogen-bond acceptors (Lipinski definition) is 2. The molecule has 0 spiro atoms. The topological polar surface area (TPSA) is 47.9 Å². The van der Waals surface area contributed by atoms with E-state index in [0.717, 1.165) is 6.42 Å². The number of rotatable bonds is 12. The van der Waals surface area contributed by atoms with Crippen LogP contribution in [0.15, 0.2) is 24.4 Å². The van der Waals surface area contributed by atoms with Crippen LogP contribution >= 0.6 is 15.9 Å². The van der Waals surface area contributed by atoms with Crippen molar-refractivity contribution in [3.05, 3.63) is 30.1 Å². The third kappa shape index (κ3) is 11.4. The Morgan fingerprint density at radius 1 is 0.750 bits per heavy atom. The van der Waals surface area contributed by atoms with Gasteiger partial charge < -0.3 is 6.15 Å². The number of pyridine rings is 1. The molecule has 0 atom stereocenters. The molecule has 0 aliphatic rings. The molecule has 0 unspecified atom stereocenters. The Bertz CT molecular complexity index is 290. The van der Waals surface area contributed by atoms with E-state index < -0.39 is 0 Å². The molecular formula is C17H31BrN2. The van der Waals surface area contributed by atoms with Crippen LogP contribution in [0.3, 0.4) is 0 Å². The van der Waals surface area contributed by atoms with Crippen LogP contribution in [0.5, 0.6) is 0 Å². The molecule has 2 nitrogen and oxygen atoms in total. The van der Waals surface area contributed by atoms with E-state index in [2.05, 4.69) is 33.0 Å². The molecule has 0 fully saturated rings. The van der Waals surface area contributed by atoms with Crippen molar-refractivity contribution in [2.75, 3.05) is 5.33 Å². The van der Waals surface area contributed by atoms with Crippen molar-refractivity contribution < 1.29 is 0 Å². The maximum absolute atomic E-state index is 4.36. The first kappa shape index (κ1) is 19.6. The Morgan fingerprint density at radius 3 is 1.80 bits per heavy atom. The molecule has 0 aliphatic heterocycles. The van der Waals surface area contributed by atoms with E-state index in [-0.39, 0.29) is 6.15 Å². The molecule has 20 heavy (non-hydrogen) atoms. The summed E-state index contributed by atoms with van der Waals surface area (Å²) in [4.78, 5) is 4.36. The van der Waals surface area contributed by atoms with Crippen molar-refractivity contribution in [1.82, 2.24) is 11.1 Å². The smallest absolute Gasteiger partial charge is 0.0403 e. The Hall–Kier alpha value is -0.410. The number of nitrogens with zero attached hydrogens (tertiary/aromatic N) is 1. The van der Waals surface area contributed by atoms with E-state index in [1.165, 1.54) is 75.2 Å². The lowest BCUT2D eigenvalue weighted by molar-refractivity contribution is 0.556. The molecule has 1 aromatic heterocycles. The van der Waals surface area contributed by atoms with Gasteiger partial charge in [0.2, 0.25) is 0 Å². The van der Waals surface area contributed by atoms with Crippen molar-refractivity contribution in [3.8, 4) is 0 Å². The highest BCUT2D eigenvalue weighted by molar-refractivity contribution is 9.09. The largest absolute Gasteiger partial charge is 0.344 e. The predicted molar refractivity (Wildman–Crippen MR) is 92.9 cm³/mol. The summed E-state index contributed by atoms with van der Waals surface area (Å²) in [6.07, 6.45) is 17.0. The van der Waals surface area contributed by atoms with E-state index in [1.54, 1.807) is 0 Å². The number of halogens is 1. The summed E-state index contributed by atoms with van der Waals surface area (Å²) >= 11 is 3.48. The van der Waals surface area contributed by atoms with Crippen LogP contribution in [0.25, 0.3) is 0 Å². The van der Waals surface area contributed by atoms with Crippen molar-refractivity contribution in [1.29, 1.82) is 0 Å². The van der Waals surface area contributed by atoms with Gasteiger partial charge in [-0.15, -0.1) is 0 Å². The second-order valence-corrected chi connectivity index (χ2v) is 6.09. The molecule has 0 saturated carbocycles. The van der Waals surface area contributed by atoms with Crippen molar-refractivity contribution in [2.24, 2.45) is 0 Å². The molecule has 0 radical (unpaired) electrons. The lowest BCUT2D eigenvalue weighted by atomic mass is 10.1. The van der Waals surface area contributed by atoms with Crippen LogP contribution in [0.1, 0.15) is 69.9 Å². The van der Waals surface area contributed by atoms with Gasteiger partial charge in [0, 0.05) is 17.2 Å². The van der Waals surface area contributed by atoms with Crippen molar-refractivity contribution in [2.45, 2.75) is 70.6 Å². The summed E-state index contributed by atoms with van der Waals surface area (Å²) < 4.78 is 0. The number of hydrogen-bond donors (Lipinski definition) is 1. The summed E-state index contributed by atoms with van der Waals surface area (Å²) in [7, 11) is 0. The predicted octanol–water partition coefficient (Wildman–Crippen LogP) is 6.08. The zero-order valence-corrected chi connectivity index (χ0v) is 14.4. The molecule has 0 amide bonds. The average molecular weight is 343 g/mol. The number of aryl methyl sites for hydroxylation is 1. The first-order chi connectivity index (χ1) is 9.43. The molecular weight excluding hydrogens is 312 g/mol. The molecule has 1 rings (SSSR count). The molecule has 0 aliphatic carbocycles. The summed E-state index contributed by atoms with van der Waals surface area (Å²) in [5, 5.41) is 1.17. The van der Waals surface area contributed by atoms with Gasteiger partial charge in [0.15, 0.2) is 0 Å². The van der Waals surface area contributed by atoms with Gasteiger partial charge in [-0.25, -0.2) is 0 Å². The zero-order valence-electron chi connectivity index (χ0n) is 12.8. The fraction of sp³-hybridized carbons (Fsp3) is 0.706. The molecule has 1 heterocycles. The van der Waals surface area contributed by atoms with E-state index in [0.29, 0.717) is 0 Å². The van der Waals surface area contributed by atoms with Crippen molar-refractivity contribution in [3.63, 3.8) is 0 Å². The monoisotopic (exact) mass is 342 g/mol. The van der Waals surface area contributed by atoms with Gasteiger partial charge >= 0.3 is 0 Å². The Morgan fingerprint density at radius 2 is 1.30 bits per heavy atom. The van der Waals surface area contributed by atoms with Gasteiger partial charge in [-0.05, 0) is 31.4 Å². The zero-order chi connectivity index (χ0) is 13.6. The highest BCUT2D eigenvalue weighted by Gasteiger charge is 1.95. The van der Waals surface area contributed by atoms with Crippen LogP contribution < -0.4 is 6.15 Å². The minimum Gasteiger partial charge on any atom is -0.344 e. The maximum atomic E-state index is 4.36. The second-order valence-electron chi connectivity index (χ2n) is 5.30. The Kier molecular flexibility index (Phi) is 14.7. The minimum atomic E-state index is 0. The molecule has 3 N–H and O–H groups in total. The number of unbranched alkanes of at least 4 members (excludes halogenated alkanes) is 9. The van der Waals surface area contributed by atoms with Gasteiger partial charge in [0.1, 0.15) is 0 Å². The number of alkyl halides is 1. The molecule has 0 saturated heterocycles. The summed E-state index contributed by atoms with van der Waals surface area (Å²) in [5.41, 5.74) is 1.24. The number of aromatic nitrogens is 1. The van der Waals surface area contributed by atoms with E-state index in [9.17, 15) is 0 Å². The summed E-state index contributed by atoms with van der Waals surface area (Å²) in [5.74, 6) is 0. The van der Waals surface area contributed by atoms with Crippen LogP contribution in [0.2, 0.25) is 0 Å². The first-order valence-corrected chi connectivity index (χ1v) is 9.01. The van der Waals surface area contributed by atoms with Gasteiger partial charge in [-0.1, -0.05) is 73.4 Å². The van der Waals surface area contributed by atoms with Crippen LogP contribution in [-0.4, -0.2) is 10.3 Å². The third-order valence-corrected chi connectivity index (χ3v) is 4.10. The van der Waals surface area contributed by atoms with Crippen LogP contribution in [-0.2, 0) is 6.42 Å². The third-order valence-electron chi connectivity index (χ3n) is 3.54. The van der Waals surface area contributed by atoms with E-state index in [1.807, 2.05) is 12.3 Å². The fourth-order valence-corrected chi connectivity index (χ4v) is 2.76. The van der Waals surface area contributed by atoms with Crippen molar-refractivity contribution >= 4 is 15.9 Å². The SMILES string of the molecule is BrCCCCCCCCCCCCc1ccccn1.N. The van der Waals surface area contributed by atoms with E-state index in [4.69, 9.17) is 0 Å². The van der Waals surface area contributed by atoms with Gasteiger partial charge in [0.25, 0.3) is 0 Å². The molecule has 1 aromatic rings. The maximum Gasteiger partial charge on any atom is 0.0403 e. The molecule has 3 heteroatoms. The average Bonchev–Trinajstić information content (AvgIpc) is 2.46. The van der Waals surface area contributed by atoms with E-state index >= 15 is 0 Å². The summed E-state index contributed by atoms with van der Waals surface area (Å²) in [6, 6.07) is 6.20. The Balaban J connectivity index is 0.00000361. The quantitative estimate of drug-likeness (QED) is 0.369. The molecule has 0 aromatic carbocycles. The lowest BCUT2D eigenvalue weighted by Gasteiger charge is -2.02. The normalized spacial score (nSPS) is 10.2. The van der Waals surface area contributed by atoms with Gasteiger partial charge in [0.05, 0.1) is 0 Å². The van der Waals surface area contributed by atoms with Gasteiger partial charge in [-0.2, -0.15) is 0 Å². The second kappa shape index (κ2) is 15.0.